The van der Waals surface area contributed by atoms with E-state index in [4.69, 9.17) is 16.3 Å². The van der Waals surface area contributed by atoms with Crippen LogP contribution in [0.2, 0.25) is 5.02 Å². The maximum Gasteiger partial charge on any atom is 0.339 e. The van der Waals surface area contributed by atoms with Gasteiger partial charge in [0.15, 0.2) is 0 Å². The number of benzene rings is 1. The molecular weight excluding hydrogens is 324 g/mol. The quantitative estimate of drug-likeness (QED) is 0.785. The van der Waals surface area contributed by atoms with Crippen molar-refractivity contribution in [1.29, 1.82) is 0 Å². The lowest BCUT2D eigenvalue weighted by Crippen LogP contribution is -2.27. The molecule has 0 N–H and O–H groups in total. The number of nitrogens with zero attached hydrogens (tertiary/aromatic N) is 2. The summed E-state index contributed by atoms with van der Waals surface area (Å²) in [5.74, 6) is 0.278. The van der Waals surface area contributed by atoms with Crippen LogP contribution in [0.4, 0.5) is 5.82 Å². The summed E-state index contributed by atoms with van der Waals surface area (Å²) < 4.78 is 4.83. The van der Waals surface area contributed by atoms with Crippen molar-refractivity contribution < 1.29 is 9.53 Å². The number of pyridine rings is 1. The normalized spacial score (nSPS) is 16.7. The van der Waals surface area contributed by atoms with Crippen LogP contribution in [0.25, 0.3) is 0 Å². The molecule has 0 aliphatic carbocycles. The Balaban J connectivity index is 2.06. The molecule has 122 valence electrons. The zero-order chi connectivity index (χ0) is 17.1. The highest BCUT2D eigenvalue weighted by molar-refractivity contribution is 6.30. The van der Waals surface area contributed by atoms with Gasteiger partial charge in [-0.05, 0) is 30.7 Å². The van der Waals surface area contributed by atoms with Crippen molar-refractivity contribution in [2.45, 2.75) is 13.0 Å². The van der Waals surface area contributed by atoms with Crippen molar-refractivity contribution in [3.05, 3.63) is 82.7 Å². The SMILES string of the molecule is COC(=O)C1=CN(c2cc(Cl)ccn2)C(c2cccc(C)c2)C=C1. The van der Waals surface area contributed by atoms with Crippen LogP contribution in [0.5, 0.6) is 0 Å². The van der Waals surface area contributed by atoms with Gasteiger partial charge in [0.05, 0.1) is 18.7 Å². The van der Waals surface area contributed by atoms with Crippen LogP contribution >= 0.6 is 11.6 Å². The smallest absolute Gasteiger partial charge is 0.339 e. The summed E-state index contributed by atoms with van der Waals surface area (Å²) >= 11 is 6.11. The first-order valence-electron chi connectivity index (χ1n) is 7.53. The Labute approximate surface area is 146 Å². The van der Waals surface area contributed by atoms with E-state index in [9.17, 15) is 4.79 Å². The lowest BCUT2D eigenvalue weighted by molar-refractivity contribution is -0.135. The molecule has 0 saturated heterocycles. The molecule has 1 aliphatic heterocycles. The number of carbonyl (C=O) groups is 1. The predicted octanol–water partition coefficient (Wildman–Crippen LogP) is 4.22. The second kappa shape index (κ2) is 6.89. The van der Waals surface area contributed by atoms with Crippen molar-refractivity contribution >= 4 is 23.4 Å². The van der Waals surface area contributed by atoms with Gasteiger partial charge in [-0.3, -0.25) is 0 Å². The minimum atomic E-state index is -0.388. The standard InChI is InChI=1S/C19H17ClN2O2/c1-13-4-3-5-14(10-13)17-7-6-15(19(23)24-2)12-22(17)18-11-16(20)8-9-21-18/h3-12,17H,1-2H3. The zero-order valence-corrected chi connectivity index (χ0v) is 14.2. The largest absolute Gasteiger partial charge is 0.465 e. The summed E-state index contributed by atoms with van der Waals surface area (Å²) in [6.07, 6.45) is 7.13. The Morgan fingerprint density at radius 2 is 2.12 bits per heavy atom. The molecule has 0 spiro atoms. The van der Waals surface area contributed by atoms with Gasteiger partial charge in [0.25, 0.3) is 0 Å². The number of aromatic nitrogens is 1. The van der Waals surface area contributed by atoms with E-state index in [2.05, 4.69) is 17.1 Å². The van der Waals surface area contributed by atoms with Crippen molar-refractivity contribution in [2.75, 3.05) is 12.0 Å². The predicted molar refractivity (Wildman–Crippen MR) is 94.9 cm³/mol. The average Bonchev–Trinajstić information content (AvgIpc) is 2.60. The maximum absolute atomic E-state index is 11.9. The number of rotatable bonds is 3. The van der Waals surface area contributed by atoms with Crippen LogP contribution in [-0.2, 0) is 9.53 Å². The van der Waals surface area contributed by atoms with Gasteiger partial charge in [0.2, 0.25) is 0 Å². The topological polar surface area (TPSA) is 42.4 Å². The summed E-state index contributed by atoms with van der Waals surface area (Å²) in [6.45, 7) is 2.05. The van der Waals surface area contributed by atoms with Gasteiger partial charge in [-0.25, -0.2) is 9.78 Å². The minimum Gasteiger partial charge on any atom is -0.465 e. The second-order valence-corrected chi connectivity index (χ2v) is 5.97. The Kier molecular flexibility index (Phi) is 4.67. The summed E-state index contributed by atoms with van der Waals surface area (Å²) in [7, 11) is 1.37. The van der Waals surface area contributed by atoms with E-state index in [0.717, 1.165) is 5.56 Å². The Hall–Kier alpha value is -2.59. The summed E-state index contributed by atoms with van der Waals surface area (Å²) in [6, 6.07) is 11.6. The maximum atomic E-state index is 11.9. The van der Waals surface area contributed by atoms with E-state index in [1.807, 2.05) is 30.0 Å². The van der Waals surface area contributed by atoms with Crippen LogP contribution in [0, 0.1) is 6.92 Å². The van der Waals surface area contributed by atoms with Crippen LogP contribution in [0.15, 0.2) is 66.5 Å². The number of hydrogen-bond acceptors (Lipinski definition) is 4. The third-order valence-electron chi connectivity index (χ3n) is 3.81. The molecule has 24 heavy (non-hydrogen) atoms. The lowest BCUT2D eigenvalue weighted by Gasteiger charge is -2.31. The number of hydrogen-bond donors (Lipinski definition) is 0. The van der Waals surface area contributed by atoms with Gasteiger partial charge in [0, 0.05) is 17.4 Å². The monoisotopic (exact) mass is 340 g/mol. The van der Waals surface area contributed by atoms with Gasteiger partial charge in [-0.15, -0.1) is 0 Å². The number of ether oxygens (including phenoxy) is 1. The van der Waals surface area contributed by atoms with E-state index < -0.39 is 0 Å². The zero-order valence-electron chi connectivity index (χ0n) is 13.4. The first-order valence-corrected chi connectivity index (χ1v) is 7.91. The Morgan fingerprint density at radius 1 is 1.29 bits per heavy atom. The highest BCUT2D eigenvalue weighted by atomic mass is 35.5. The van der Waals surface area contributed by atoms with E-state index in [1.54, 1.807) is 30.6 Å². The molecule has 0 amide bonds. The van der Waals surface area contributed by atoms with Crippen molar-refractivity contribution in [2.24, 2.45) is 0 Å². The number of methoxy groups -OCH3 is 1. The Bertz CT molecular complexity index is 830. The van der Waals surface area contributed by atoms with Gasteiger partial charge in [-0.1, -0.05) is 47.5 Å². The van der Waals surface area contributed by atoms with Crippen molar-refractivity contribution in [1.82, 2.24) is 4.98 Å². The van der Waals surface area contributed by atoms with Crippen LogP contribution in [-0.4, -0.2) is 18.1 Å². The molecule has 1 aliphatic rings. The lowest BCUT2D eigenvalue weighted by atomic mass is 9.99. The summed E-state index contributed by atoms with van der Waals surface area (Å²) in [5, 5.41) is 0.588. The van der Waals surface area contributed by atoms with Crippen LogP contribution < -0.4 is 4.90 Å². The molecule has 4 nitrogen and oxygen atoms in total. The van der Waals surface area contributed by atoms with Crippen LogP contribution in [0.3, 0.4) is 0 Å². The highest BCUT2D eigenvalue weighted by Gasteiger charge is 2.24. The number of carbonyl (C=O) groups excluding carboxylic acids is 1. The molecule has 1 unspecified atom stereocenters. The number of esters is 1. The fourth-order valence-electron chi connectivity index (χ4n) is 2.67. The summed E-state index contributed by atoms with van der Waals surface area (Å²) in [4.78, 5) is 18.2. The first kappa shape index (κ1) is 16.3. The van der Waals surface area contributed by atoms with Gasteiger partial charge >= 0.3 is 5.97 Å². The third-order valence-corrected chi connectivity index (χ3v) is 4.05. The number of aryl methyl sites for hydroxylation is 1. The fraction of sp³-hybridized carbons (Fsp3) is 0.158. The molecule has 1 aromatic carbocycles. The molecule has 0 fully saturated rings. The molecule has 3 rings (SSSR count). The highest BCUT2D eigenvalue weighted by Crippen LogP contribution is 2.33. The molecule has 0 radical (unpaired) electrons. The number of halogens is 1. The molecule has 5 heteroatoms. The molecule has 1 atom stereocenters. The van der Waals surface area contributed by atoms with E-state index in [0.29, 0.717) is 16.4 Å². The minimum absolute atomic E-state index is 0.0794. The average molecular weight is 341 g/mol. The van der Waals surface area contributed by atoms with E-state index in [1.165, 1.54) is 12.7 Å². The van der Waals surface area contributed by atoms with Gasteiger partial charge in [-0.2, -0.15) is 0 Å². The molecule has 0 bridgehead atoms. The molecule has 0 saturated carbocycles. The van der Waals surface area contributed by atoms with Crippen LogP contribution in [0.1, 0.15) is 17.2 Å². The van der Waals surface area contributed by atoms with E-state index >= 15 is 0 Å². The summed E-state index contributed by atoms with van der Waals surface area (Å²) in [5.41, 5.74) is 2.74. The van der Waals surface area contributed by atoms with E-state index in [-0.39, 0.29) is 12.0 Å². The first-order chi connectivity index (χ1) is 11.6. The van der Waals surface area contributed by atoms with Crippen molar-refractivity contribution in [3.8, 4) is 0 Å². The fourth-order valence-corrected chi connectivity index (χ4v) is 2.82. The van der Waals surface area contributed by atoms with Crippen molar-refractivity contribution in [3.63, 3.8) is 0 Å². The molecule has 2 heterocycles. The molecule has 2 aromatic rings. The van der Waals surface area contributed by atoms with Gasteiger partial charge < -0.3 is 9.64 Å². The number of anilines is 1. The second-order valence-electron chi connectivity index (χ2n) is 5.53. The Morgan fingerprint density at radius 3 is 2.83 bits per heavy atom. The molecule has 1 aromatic heterocycles. The molecular formula is C19H17ClN2O2. The van der Waals surface area contributed by atoms with Gasteiger partial charge in [0.1, 0.15) is 5.82 Å². The third kappa shape index (κ3) is 3.34.